The number of hydrogen-bond acceptors (Lipinski definition) is 5. The molecular weight excluding hydrogens is 485 g/mol. The Morgan fingerprint density at radius 2 is 1.84 bits per heavy atom. The standard InChI is InChI=1S/C23H17Cl2N3O2S2/c1-13-6-7-14(24)10-19(13)27-21(29)12-31-23-28-18-9-8-15(11-20(18)32-23)26-22(30)16-4-2-3-5-17(16)25/h2-11H,12H2,1H3,(H,26,30)(H,27,29). The number of aryl methyl sites for hydroxylation is 1. The minimum atomic E-state index is -0.276. The normalized spacial score (nSPS) is 10.8. The molecule has 0 aliphatic rings. The number of anilines is 2. The highest BCUT2D eigenvalue weighted by atomic mass is 35.5. The maximum Gasteiger partial charge on any atom is 0.257 e. The average molecular weight is 502 g/mol. The number of hydrogen-bond donors (Lipinski definition) is 2. The number of benzene rings is 3. The lowest BCUT2D eigenvalue weighted by Gasteiger charge is -2.08. The van der Waals surface area contributed by atoms with Gasteiger partial charge in [0.2, 0.25) is 5.91 Å². The summed E-state index contributed by atoms with van der Waals surface area (Å²) in [5.74, 6) is -0.184. The number of thiazole rings is 1. The molecule has 0 saturated heterocycles. The summed E-state index contributed by atoms with van der Waals surface area (Å²) in [6.07, 6.45) is 0. The van der Waals surface area contributed by atoms with Crippen molar-refractivity contribution in [2.45, 2.75) is 11.3 Å². The van der Waals surface area contributed by atoms with E-state index in [0.717, 1.165) is 20.1 Å². The van der Waals surface area contributed by atoms with E-state index in [1.165, 1.54) is 23.1 Å². The number of carbonyl (C=O) groups is 2. The highest BCUT2D eigenvalue weighted by molar-refractivity contribution is 8.01. The second-order valence-corrected chi connectivity index (χ2v) is 9.99. The van der Waals surface area contributed by atoms with Gasteiger partial charge in [0.05, 0.1) is 26.6 Å². The van der Waals surface area contributed by atoms with E-state index in [4.69, 9.17) is 23.2 Å². The maximum absolute atomic E-state index is 12.5. The first-order chi connectivity index (χ1) is 15.4. The van der Waals surface area contributed by atoms with Gasteiger partial charge in [-0.25, -0.2) is 4.98 Å². The molecule has 162 valence electrons. The number of nitrogens with one attached hydrogen (secondary N) is 2. The van der Waals surface area contributed by atoms with E-state index in [1.807, 2.05) is 25.1 Å². The highest BCUT2D eigenvalue weighted by Gasteiger charge is 2.13. The summed E-state index contributed by atoms with van der Waals surface area (Å²) in [7, 11) is 0. The van der Waals surface area contributed by atoms with Crippen molar-refractivity contribution in [1.29, 1.82) is 0 Å². The van der Waals surface area contributed by atoms with Crippen molar-refractivity contribution in [3.63, 3.8) is 0 Å². The Morgan fingerprint density at radius 3 is 2.66 bits per heavy atom. The smallest absolute Gasteiger partial charge is 0.257 e. The zero-order valence-corrected chi connectivity index (χ0v) is 20.0. The molecule has 5 nitrogen and oxygen atoms in total. The number of fused-ring (bicyclic) bond motifs is 1. The van der Waals surface area contributed by atoms with Gasteiger partial charge >= 0.3 is 0 Å². The quantitative estimate of drug-likeness (QED) is 0.282. The molecule has 3 aromatic carbocycles. The molecule has 1 aromatic heterocycles. The van der Waals surface area contributed by atoms with E-state index in [1.54, 1.807) is 42.5 Å². The van der Waals surface area contributed by atoms with E-state index in [-0.39, 0.29) is 17.6 Å². The minimum absolute atomic E-state index is 0.132. The lowest BCUT2D eigenvalue weighted by atomic mass is 10.2. The van der Waals surface area contributed by atoms with Crippen LogP contribution in [0, 0.1) is 6.92 Å². The number of nitrogens with zero attached hydrogens (tertiary/aromatic N) is 1. The summed E-state index contributed by atoms with van der Waals surface area (Å²) in [6.45, 7) is 1.91. The molecule has 2 N–H and O–H groups in total. The Kier molecular flexibility index (Phi) is 7.01. The fourth-order valence-corrected chi connectivity index (χ4v) is 5.23. The van der Waals surface area contributed by atoms with Crippen LogP contribution in [-0.4, -0.2) is 22.6 Å². The zero-order chi connectivity index (χ0) is 22.7. The Bertz CT molecular complexity index is 1320. The fraction of sp³-hybridized carbons (Fsp3) is 0.0870. The summed E-state index contributed by atoms with van der Waals surface area (Å²) in [6, 6.07) is 17.8. The number of thioether (sulfide) groups is 1. The first-order valence-electron chi connectivity index (χ1n) is 9.54. The molecule has 0 fully saturated rings. The second-order valence-electron chi connectivity index (χ2n) is 6.89. The van der Waals surface area contributed by atoms with E-state index in [0.29, 0.717) is 27.0 Å². The van der Waals surface area contributed by atoms with Gasteiger partial charge in [-0.05, 0) is 55.0 Å². The van der Waals surface area contributed by atoms with Crippen LogP contribution in [0.3, 0.4) is 0 Å². The topological polar surface area (TPSA) is 71.1 Å². The van der Waals surface area contributed by atoms with Crippen molar-refractivity contribution in [3.8, 4) is 0 Å². The molecule has 0 radical (unpaired) electrons. The molecule has 0 spiro atoms. The maximum atomic E-state index is 12.5. The highest BCUT2D eigenvalue weighted by Crippen LogP contribution is 2.32. The van der Waals surface area contributed by atoms with Crippen LogP contribution in [0.1, 0.15) is 15.9 Å². The molecule has 0 saturated carbocycles. The number of rotatable bonds is 6. The molecule has 0 bridgehead atoms. The van der Waals surface area contributed by atoms with Gasteiger partial charge < -0.3 is 10.6 Å². The molecular formula is C23H17Cl2N3O2S2. The summed E-state index contributed by atoms with van der Waals surface area (Å²) in [5.41, 5.74) is 3.51. The molecule has 0 unspecified atom stereocenters. The van der Waals surface area contributed by atoms with Crippen molar-refractivity contribution in [3.05, 3.63) is 81.8 Å². The van der Waals surface area contributed by atoms with Crippen LogP contribution in [0.15, 0.2) is 65.0 Å². The van der Waals surface area contributed by atoms with E-state index in [2.05, 4.69) is 15.6 Å². The molecule has 4 rings (SSSR count). The Hall–Kier alpha value is -2.58. The third-order valence-electron chi connectivity index (χ3n) is 4.55. The molecule has 2 amide bonds. The Morgan fingerprint density at radius 1 is 1.03 bits per heavy atom. The van der Waals surface area contributed by atoms with Gasteiger partial charge in [0.25, 0.3) is 5.91 Å². The van der Waals surface area contributed by atoms with Crippen molar-refractivity contribution in [2.75, 3.05) is 16.4 Å². The molecule has 32 heavy (non-hydrogen) atoms. The molecule has 4 aromatic rings. The predicted octanol–water partition coefficient (Wildman–Crippen LogP) is 6.89. The largest absolute Gasteiger partial charge is 0.325 e. The van der Waals surface area contributed by atoms with Gasteiger partial charge in [0.15, 0.2) is 4.34 Å². The van der Waals surface area contributed by atoms with E-state index >= 15 is 0 Å². The Balaban J connectivity index is 1.40. The first-order valence-corrected chi connectivity index (χ1v) is 12.1. The van der Waals surface area contributed by atoms with Crippen LogP contribution in [-0.2, 0) is 4.79 Å². The van der Waals surface area contributed by atoms with E-state index < -0.39 is 0 Å². The van der Waals surface area contributed by atoms with E-state index in [9.17, 15) is 9.59 Å². The van der Waals surface area contributed by atoms with Crippen molar-refractivity contribution in [1.82, 2.24) is 4.98 Å². The minimum Gasteiger partial charge on any atom is -0.325 e. The van der Waals surface area contributed by atoms with Crippen LogP contribution in [0.5, 0.6) is 0 Å². The lowest BCUT2D eigenvalue weighted by Crippen LogP contribution is -2.14. The summed E-state index contributed by atoms with van der Waals surface area (Å²) in [5, 5.41) is 6.71. The molecule has 0 aliphatic carbocycles. The van der Waals surface area contributed by atoms with Gasteiger partial charge in [0, 0.05) is 16.4 Å². The van der Waals surface area contributed by atoms with Gasteiger partial charge in [0.1, 0.15) is 0 Å². The van der Waals surface area contributed by atoms with Crippen LogP contribution >= 0.6 is 46.3 Å². The lowest BCUT2D eigenvalue weighted by molar-refractivity contribution is -0.113. The third-order valence-corrected chi connectivity index (χ3v) is 7.27. The van der Waals surface area contributed by atoms with Crippen molar-refractivity contribution < 1.29 is 9.59 Å². The molecule has 0 aliphatic heterocycles. The average Bonchev–Trinajstić information content (AvgIpc) is 3.17. The van der Waals surface area contributed by atoms with Crippen LogP contribution in [0.2, 0.25) is 10.0 Å². The Labute approximate surface area is 203 Å². The monoisotopic (exact) mass is 501 g/mol. The molecule has 1 heterocycles. The number of carbonyl (C=O) groups excluding carboxylic acids is 2. The summed E-state index contributed by atoms with van der Waals surface area (Å²) < 4.78 is 1.68. The van der Waals surface area contributed by atoms with Crippen LogP contribution in [0.4, 0.5) is 11.4 Å². The van der Waals surface area contributed by atoms with Gasteiger partial charge in [-0.2, -0.15) is 0 Å². The predicted molar refractivity (Wildman–Crippen MR) is 135 cm³/mol. The van der Waals surface area contributed by atoms with Crippen LogP contribution < -0.4 is 10.6 Å². The number of halogens is 2. The molecule has 0 atom stereocenters. The summed E-state index contributed by atoms with van der Waals surface area (Å²) >= 11 is 14.9. The third kappa shape index (κ3) is 5.42. The first kappa shape index (κ1) is 22.6. The fourth-order valence-electron chi connectivity index (χ4n) is 2.93. The van der Waals surface area contributed by atoms with Crippen LogP contribution in [0.25, 0.3) is 10.2 Å². The van der Waals surface area contributed by atoms with Gasteiger partial charge in [-0.15, -0.1) is 11.3 Å². The SMILES string of the molecule is Cc1ccc(Cl)cc1NC(=O)CSc1nc2ccc(NC(=O)c3ccccc3Cl)cc2s1. The van der Waals surface area contributed by atoms with Gasteiger partial charge in [-0.3, -0.25) is 9.59 Å². The number of amides is 2. The summed E-state index contributed by atoms with van der Waals surface area (Å²) in [4.78, 5) is 29.4. The van der Waals surface area contributed by atoms with Crippen molar-refractivity contribution in [2.24, 2.45) is 0 Å². The van der Waals surface area contributed by atoms with Gasteiger partial charge in [-0.1, -0.05) is 53.2 Å². The van der Waals surface area contributed by atoms with Crippen molar-refractivity contribution >= 4 is 79.7 Å². The molecule has 9 heteroatoms. The number of aromatic nitrogens is 1. The second kappa shape index (κ2) is 9.92. The zero-order valence-electron chi connectivity index (χ0n) is 16.8.